The maximum atomic E-state index is 11.7. The predicted octanol–water partition coefficient (Wildman–Crippen LogP) is 3.59. The van der Waals surface area contributed by atoms with Gasteiger partial charge in [0, 0.05) is 0 Å². The zero-order valence-electron chi connectivity index (χ0n) is 9.69. The smallest absolute Gasteiger partial charge is 0.338 e. The molecular weight excluding hydrogens is 200 g/mol. The number of hydrogen-bond acceptors (Lipinski definition) is 2. The molecule has 0 aliphatic heterocycles. The van der Waals surface area contributed by atoms with E-state index in [0.29, 0.717) is 5.56 Å². The van der Waals surface area contributed by atoms with Gasteiger partial charge in [0.1, 0.15) is 6.10 Å². The molecule has 2 heteroatoms. The van der Waals surface area contributed by atoms with Crippen molar-refractivity contribution in [1.82, 2.24) is 0 Å². The van der Waals surface area contributed by atoms with Crippen molar-refractivity contribution in [2.24, 2.45) is 0 Å². The van der Waals surface area contributed by atoms with Crippen LogP contribution in [0.15, 0.2) is 43.0 Å². The zero-order chi connectivity index (χ0) is 11.8. The Bertz CT molecular complexity index is 330. The number of esters is 1. The van der Waals surface area contributed by atoms with Gasteiger partial charge in [-0.25, -0.2) is 4.79 Å². The van der Waals surface area contributed by atoms with E-state index in [0.717, 1.165) is 19.3 Å². The first-order chi connectivity index (χ1) is 7.77. The van der Waals surface area contributed by atoms with Crippen LogP contribution in [0.5, 0.6) is 0 Å². The highest BCUT2D eigenvalue weighted by Crippen LogP contribution is 2.09. The van der Waals surface area contributed by atoms with Crippen LogP contribution in [0.2, 0.25) is 0 Å². The van der Waals surface area contributed by atoms with E-state index in [1.807, 2.05) is 18.2 Å². The van der Waals surface area contributed by atoms with Gasteiger partial charge >= 0.3 is 5.97 Å². The van der Waals surface area contributed by atoms with Crippen LogP contribution in [0.1, 0.15) is 36.5 Å². The summed E-state index contributed by atoms with van der Waals surface area (Å²) in [5.74, 6) is -0.276. The number of carbonyl (C=O) groups excluding carboxylic acids is 1. The molecule has 0 aliphatic rings. The minimum absolute atomic E-state index is 0.173. The van der Waals surface area contributed by atoms with Crippen LogP contribution in [0.4, 0.5) is 0 Å². The summed E-state index contributed by atoms with van der Waals surface area (Å²) < 4.78 is 5.33. The second-order valence-electron chi connectivity index (χ2n) is 3.69. The normalized spacial score (nSPS) is 11.8. The predicted molar refractivity (Wildman–Crippen MR) is 65.4 cm³/mol. The molecule has 0 heterocycles. The minimum Gasteiger partial charge on any atom is -0.455 e. The van der Waals surface area contributed by atoms with Gasteiger partial charge in [0.25, 0.3) is 0 Å². The van der Waals surface area contributed by atoms with Gasteiger partial charge in [0.05, 0.1) is 5.56 Å². The number of unbranched alkanes of at least 4 members (excludes halogenated alkanes) is 1. The number of benzene rings is 1. The molecule has 1 atom stereocenters. The molecule has 0 amide bonds. The summed E-state index contributed by atoms with van der Waals surface area (Å²) in [6.07, 6.45) is 4.49. The van der Waals surface area contributed by atoms with Crippen molar-refractivity contribution in [3.05, 3.63) is 48.6 Å². The van der Waals surface area contributed by atoms with Crippen molar-refractivity contribution in [2.75, 3.05) is 0 Å². The Morgan fingerprint density at radius 2 is 2.12 bits per heavy atom. The van der Waals surface area contributed by atoms with Crippen LogP contribution in [0.25, 0.3) is 0 Å². The highest BCUT2D eigenvalue weighted by Gasteiger charge is 2.11. The van der Waals surface area contributed by atoms with Crippen LogP contribution in [0.3, 0.4) is 0 Å². The zero-order valence-corrected chi connectivity index (χ0v) is 9.69. The summed E-state index contributed by atoms with van der Waals surface area (Å²) >= 11 is 0. The summed E-state index contributed by atoms with van der Waals surface area (Å²) in [4.78, 5) is 11.7. The molecular formula is C14H18O2. The lowest BCUT2D eigenvalue weighted by Gasteiger charge is -2.13. The summed E-state index contributed by atoms with van der Waals surface area (Å²) in [6.45, 7) is 5.79. The molecule has 0 radical (unpaired) electrons. The third kappa shape index (κ3) is 3.89. The average Bonchev–Trinajstić information content (AvgIpc) is 2.35. The number of carbonyl (C=O) groups is 1. The molecule has 0 N–H and O–H groups in total. The van der Waals surface area contributed by atoms with Crippen molar-refractivity contribution in [3.8, 4) is 0 Å². The summed E-state index contributed by atoms with van der Waals surface area (Å²) in [5.41, 5.74) is 0.589. The molecule has 86 valence electrons. The molecule has 0 saturated carbocycles. The highest BCUT2D eigenvalue weighted by atomic mass is 16.5. The summed E-state index contributed by atoms with van der Waals surface area (Å²) in [6, 6.07) is 9.03. The number of rotatable bonds is 6. The lowest BCUT2D eigenvalue weighted by Crippen LogP contribution is -2.15. The van der Waals surface area contributed by atoms with E-state index in [1.54, 1.807) is 18.2 Å². The first-order valence-electron chi connectivity index (χ1n) is 5.66. The lowest BCUT2D eigenvalue weighted by atomic mass is 10.1. The van der Waals surface area contributed by atoms with E-state index < -0.39 is 0 Å². The molecule has 1 rings (SSSR count). The van der Waals surface area contributed by atoms with E-state index in [2.05, 4.69) is 13.5 Å². The van der Waals surface area contributed by atoms with Crippen LogP contribution in [-0.2, 0) is 4.74 Å². The molecule has 1 aromatic carbocycles. The van der Waals surface area contributed by atoms with Crippen molar-refractivity contribution < 1.29 is 9.53 Å². The van der Waals surface area contributed by atoms with Crippen molar-refractivity contribution >= 4 is 5.97 Å². The standard InChI is InChI=1S/C14H18O2/c1-3-5-11-13(4-2)16-14(15)12-9-7-6-8-10-12/h4,6-10,13H,2-3,5,11H2,1H3/t13-/m0/s1. The lowest BCUT2D eigenvalue weighted by molar-refractivity contribution is 0.0377. The molecule has 1 aromatic rings. The van der Waals surface area contributed by atoms with Gasteiger partial charge in [0.15, 0.2) is 0 Å². The van der Waals surface area contributed by atoms with Crippen molar-refractivity contribution in [2.45, 2.75) is 32.3 Å². The Labute approximate surface area is 96.9 Å². The van der Waals surface area contributed by atoms with E-state index in [4.69, 9.17) is 4.74 Å². The molecule has 2 nitrogen and oxygen atoms in total. The first-order valence-corrected chi connectivity index (χ1v) is 5.66. The maximum Gasteiger partial charge on any atom is 0.338 e. The van der Waals surface area contributed by atoms with E-state index in [-0.39, 0.29) is 12.1 Å². The monoisotopic (exact) mass is 218 g/mol. The molecule has 0 fully saturated rings. The van der Waals surface area contributed by atoms with Gasteiger partial charge in [0.2, 0.25) is 0 Å². The largest absolute Gasteiger partial charge is 0.455 e. The van der Waals surface area contributed by atoms with Gasteiger partial charge in [-0.05, 0) is 25.0 Å². The third-order valence-corrected chi connectivity index (χ3v) is 2.37. The molecule has 0 spiro atoms. The van der Waals surface area contributed by atoms with Crippen LogP contribution < -0.4 is 0 Å². The number of ether oxygens (including phenoxy) is 1. The van der Waals surface area contributed by atoms with E-state index in [9.17, 15) is 4.79 Å². The minimum atomic E-state index is -0.276. The first kappa shape index (κ1) is 12.5. The van der Waals surface area contributed by atoms with Gasteiger partial charge in [-0.1, -0.05) is 44.2 Å². The second-order valence-corrected chi connectivity index (χ2v) is 3.69. The molecule has 0 aliphatic carbocycles. The second kappa shape index (κ2) is 6.83. The summed E-state index contributed by atoms with van der Waals surface area (Å²) in [5, 5.41) is 0. The van der Waals surface area contributed by atoms with Gasteiger partial charge in [-0.15, -0.1) is 0 Å². The Hall–Kier alpha value is -1.57. The highest BCUT2D eigenvalue weighted by molar-refractivity contribution is 5.89. The van der Waals surface area contributed by atoms with Crippen LogP contribution >= 0.6 is 0 Å². The van der Waals surface area contributed by atoms with Gasteiger partial charge in [-0.3, -0.25) is 0 Å². The topological polar surface area (TPSA) is 26.3 Å². The molecule has 0 bridgehead atoms. The Morgan fingerprint density at radius 1 is 1.44 bits per heavy atom. The molecule has 0 unspecified atom stereocenters. The number of hydrogen-bond donors (Lipinski definition) is 0. The van der Waals surface area contributed by atoms with Gasteiger partial charge in [-0.2, -0.15) is 0 Å². The molecule has 0 aromatic heterocycles. The third-order valence-electron chi connectivity index (χ3n) is 2.37. The van der Waals surface area contributed by atoms with Crippen LogP contribution in [0, 0.1) is 0 Å². The average molecular weight is 218 g/mol. The summed E-state index contributed by atoms with van der Waals surface area (Å²) in [7, 11) is 0. The molecule has 16 heavy (non-hydrogen) atoms. The van der Waals surface area contributed by atoms with Gasteiger partial charge < -0.3 is 4.74 Å². The fourth-order valence-electron chi connectivity index (χ4n) is 1.41. The fourth-order valence-corrected chi connectivity index (χ4v) is 1.41. The van der Waals surface area contributed by atoms with Crippen molar-refractivity contribution in [1.29, 1.82) is 0 Å². The van der Waals surface area contributed by atoms with E-state index >= 15 is 0 Å². The van der Waals surface area contributed by atoms with E-state index in [1.165, 1.54) is 0 Å². The molecule has 0 saturated heterocycles. The SMILES string of the molecule is C=C[C@@H](CCCC)OC(=O)c1ccccc1. The Kier molecular flexibility index (Phi) is 5.34. The van der Waals surface area contributed by atoms with Crippen LogP contribution in [-0.4, -0.2) is 12.1 Å². The quantitative estimate of drug-likeness (QED) is 0.538. The Balaban J connectivity index is 2.52. The Morgan fingerprint density at radius 3 is 2.69 bits per heavy atom. The maximum absolute atomic E-state index is 11.7. The fraction of sp³-hybridized carbons (Fsp3) is 0.357. The van der Waals surface area contributed by atoms with Crippen molar-refractivity contribution in [3.63, 3.8) is 0 Å².